The van der Waals surface area contributed by atoms with Gasteiger partial charge in [-0.05, 0) is 7.05 Å². The molecule has 0 aliphatic rings. The fourth-order valence-corrected chi connectivity index (χ4v) is 1.04. The van der Waals surface area contributed by atoms with Gasteiger partial charge >= 0.3 is 0 Å². The van der Waals surface area contributed by atoms with E-state index in [1.807, 2.05) is 11.9 Å². The van der Waals surface area contributed by atoms with Crippen LogP contribution >= 0.6 is 11.6 Å². The number of hydrogen-bond acceptors (Lipinski definition) is 4. The Labute approximate surface area is 82.2 Å². The second-order valence-electron chi connectivity index (χ2n) is 2.79. The summed E-state index contributed by atoms with van der Waals surface area (Å²) in [6.07, 6.45) is 3.15. The SMILES string of the molecule is CN(CCO)Cc1cnc(Cl)cn1. The molecule has 1 rings (SSSR count). The molecular formula is C8H12ClN3O. The summed E-state index contributed by atoms with van der Waals surface area (Å²) < 4.78 is 0. The molecule has 1 aromatic heterocycles. The summed E-state index contributed by atoms with van der Waals surface area (Å²) in [6, 6.07) is 0. The van der Waals surface area contributed by atoms with Gasteiger partial charge < -0.3 is 5.11 Å². The molecule has 0 unspecified atom stereocenters. The lowest BCUT2D eigenvalue weighted by Crippen LogP contribution is -2.22. The minimum Gasteiger partial charge on any atom is -0.395 e. The van der Waals surface area contributed by atoms with Crippen LogP contribution in [0.4, 0.5) is 0 Å². The fraction of sp³-hybridized carbons (Fsp3) is 0.500. The highest BCUT2D eigenvalue weighted by atomic mass is 35.5. The van der Waals surface area contributed by atoms with E-state index in [9.17, 15) is 0 Å². The molecule has 1 aromatic rings. The van der Waals surface area contributed by atoms with Gasteiger partial charge in [0.2, 0.25) is 0 Å². The number of halogens is 1. The number of aliphatic hydroxyl groups is 1. The van der Waals surface area contributed by atoms with E-state index in [0.717, 1.165) is 5.69 Å². The van der Waals surface area contributed by atoms with E-state index in [4.69, 9.17) is 16.7 Å². The Hall–Kier alpha value is -0.710. The van der Waals surface area contributed by atoms with Crippen LogP contribution in [-0.2, 0) is 6.54 Å². The standard InChI is InChI=1S/C8H12ClN3O/c1-12(2-3-13)6-7-4-11-8(9)5-10-7/h4-5,13H,2-3,6H2,1H3. The van der Waals surface area contributed by atoms with Crippen molar-refractivity contribution in [1.82, 2.24) is 14.9 Å². The highest BCUT2D eigenvalue weighted by molar-refractivity contribution is 6.29. The monoisotopic (exact) mass is 201 g/mol. The summed E-state index contributed by atoms with van der Waals surface area (Å²) in [5.74, 6) is 0. The molecule has 13 heavy (non-hydrogen) atoms. The van der Waals surface area contributed by atoms with Gasteiger partial charge in [-0.25, -0.2) is 4.98 Å². The summed E-state index contributed by atoms with van der Waals surface area (Å²) >= 11 is 5.58. The third kappa shape index (κ3) is 3.67. The van der Waals surface area contributed by atoms with Crippen molar-refractivity contribution in [3.63, 3.8) is 0 Å². The highest BCUT2D eigenvalue weighted by Crippen LogP contribution is 2.02. The van der Waals surface area contributed by atoms with Gasteiger partial charge in [0, 0.05) is 13.1 Å². The maximum atomic E-state index is 8.66. The van der Waals surface area contributed by atoms with Crippen LogP contribution in [0.25, 0.3) is 0 Å². The molecule has 0 amide bonds. The van der Waals surface area contributed by atoms with E-state index in [-0.39, 0.29) is 6.61 Å². The molecule has 1 N–H and O–H groups in total. The Balaban J connectivity index is 2.49. The predicted octanol–water partition coefficient (Wildman–Crippen LogP) is 0.554. The molecule has 0 fully saturated rings. The number of hydrogen-bond donors (Lipinski definition) is 1. The second kappa shape index (κ2) is 5.11. The zero-order valence-corrected chi connectivity index (χ0v) is 8.20. The Kier molecular flexibility index (Phi) is 4.08. The normalized spacial score (nSPS) is 10.8. The molecule has 1 heterocycles. The smallest absolute Gasteiger partial charge is 0.147 e. The van der Waals surface area contributed by atoms with Crippen molar-refractivity contribution in [2.45, 2.75) is 6.54 Å². The van der Waals surface area contributed by atoms with Crippen molar-refractivity contribution in [3.05, 3.63) is 23.2 Å². The van der Waals surface area contributed by atoms with Gasteiger partial charge in [-0.15, -0.1) is 0 Å². The van der Waals surface area contributed by atoms with Gasteiger partial charge in [-0.2, -0.15) is 0 Å². The van der Waals surface area contributed by atoms with Crippen LogP contribution in [-0.4, -0.2) is 40.2 Å². The van der Waals surface area contributed by atoms with Gasteiger partial charge in [-0.3, -0.25) is 9.88 Å². The van der Waals surface area contributed by atoms with E-state index >= 15 is 0 Å². The van der Waals surface area contributed by atoms with E-state index in [1.54, 1.807) is 6.20 Å². The first-order chi connectivity index (χ1) is 6.22. The number of aromatic nitrogens is 2. The molecule has 0 bridgehead atoms. The third-order valence-electron chi connectivity index (χ3n) is 1.59. The lowest BCUT2D eigenvalue weighted by Gasteiger charge is -2.13. The van der Waals surface area contributed by atoms with E-state index in [2.05, 4.69) is 9.97 Å². The summed E-state index contributed by atoms with van der Waals surface area (Å²) in [6.45, 7) is 1.45. The van der Waals surface area contributed by atoms with Crippen LogP contribution in [0, 0.1) is 0 Å². The van der Waals surface area contributed by atoms with Crippen molar-refractivity contribution < 1.29 is 5.11 Å². The van der Waals surface area contributed by atoms with Crippen LogP contribution in [0.1, 0.15) is 5.69 Å². The van der Waals surface area contributed by atoms with Gasteiger partial charge in [0.15, 0.2) is 0 Å². The first-order valence-electron chi connectivity index (χ1n) is 3.98. The molecule has 0 aromatic carbocycles. The minimum absolute atomic E-state index is 0.150. The Morgan fingerprint density at radius 2 is 2.23 bits per heavy atom. The molecule has 72 valence electrons. The fourth-order valence-electron chi connectivity index (χ4n) is 0.947. The van der Waals surface area contributed by atoms with E-state index in [0.29, 0.717) is 18.2 Å². The number of nitrogens with zero attached hydrogens (tertiary/aromatic N) is 3. The van der Waals surface area contributed by atoms with Crippen LogP contribution in [0.5, 0.6) is 0 Å². The Bertz CT molecular complexity index is 252. The van der Waals surface area contributed by atoms with Crippen LogP contribution in [0.2, 0.25) is 5.15 Å². The molecular weight excluding hydrogens is 190 g/mol. The Morgan fingerprint density at radius 3 is 2.77 bits per heavy atom. The largest absolute Gasteiger partial charge is 0.395 e. The molecule has 0 aliphatic carbocycles. The number of likely N-dealkylation sites (N-methyl/N-ethyl adjacent to an activating group) is 1. The average molecular weight is 202 g/mol. The maximum absolute atomic E-state index is 8.66. The van der Waals surface area contributed by atoms with Gasteiger partial charge in [0.25, 0.3) is 0 Å². The first kappa shape index (κ1) is 10.4. The average Bonchev–Trinajstić information content (AvgIpc) is 2.09. The van der Waals surface area contributed by atoms with Crippen molar-refractivity contribution in [2.24, 2.45) is 0 Å². The van der Waals surface area contributed by atoms with Gasteiger partial charge in [0.1, 0.15) is 5.15 Å². The predicted molar refractivity (Wildman–Crippen MR) is 50.5 cm³/mol. The first-order valence-corrected chi connectivity index (χ1v) is 4.36. The molecule has 0 atom stereocenters. The lowest BCUT2D eigenvalue weighted by atomic mass is 10.4. The second-order valence-corrected chi connectivity index (χ2v) is 3.18. The van der Waals surface area contributed by atoms with Crippen LogP contribution < -0.4 is 0 Å². The zero-order chi connectivity index (χ0) is 9.68. The quantitative estimate of drug-likeness (QED) is 0.773. The molecule has 0 aliphatic heterocycles. The lowest BCUT2D eigenvalue weighted by molar-refractivity contribution is 0.216. The van der Waals surface area contributed by atoms with Crippen molar-refractivity contribution >= 4 is 11.6 Å². The van der Waals surface area contributed by atoms with E-state index < -0.39 is 0 Å². The molecule has 0 saturated carbocycles. The van der Waals surface area contributed by atoms with E-state index in [1.165, 1.54) is 6.20 Å². The number of aliphatic hydroxyl groups excluding tert-OH is 1. The molecule has 5 heteroatoms. The summed E-state index contributed by atoms with van der Waals surface area (Å²) in [5.41, 5.74) is 0.848. The van der Waals surface area contributed by atoms with Crippen molar-refractivity contribution in [1.29, 1.82) is 0 Å². The van der Waals surface area contributed by atoms with Gasteiger partial charge in [-0.1, -0.05) is 11.6 Å². The maximum Gasteiger partial charge on any atom is 0.147 e. The topological polar surface area (TPSA) is 49.2 Å². The summed E-state index contributed by atoms with van der Waals surface area (Å²) in [5, 5.41) is 9.06. The summed E-state index contributed by atoms with van der Waals surface area (Å²) in [4.78, 5) is 9.95. The van der Waals surface area contributed by atoms with Crippen molar-refractivity contribution in [3.8, 4) is 0 Å². The zero-order valence-electron chi connectivity index (χ0n) is 7.44. The molecule has 0 saturated heterocycles. The van der Waals surface area contributed by atoms with Crippen LogP contribution in [0.3, 0.4) is 0 Å². The minimum atomic E-state index is 0.150. The summed E-state index contributed by atoms with van der Waals surface area (Å²) in [7, 11) is 1.91. The number of rotatable bonds is 4. The highest BCUT2D eigenvalue weighted by Gasteiger charge is 2.00. The Morgan fingerprint density at radius 1 is 1.46 bits per heavy atom. The molecule has 0 radical (unpaired) electrons. The molecule has 4 nitrogen and oxygen atoms in total. The van der Waals surface area contributed by atoms with Crippen LogP contribution in [0.15, 0.2) is 12.4 Å². The van der Waals surface area contributed by atoms with Gasteiger partial charge in [0.05, 0.1) is 24.7 Å². The third-order valence-corrected chi connectivity index (χ3v) is 1.78. The van der Waals surface area contributed by atoms with Crippen molar-refractivity contribution in [2.75, 3.05) is 20.2 Å². The molecule has 0 spiro atoms.